The van der Waals surface area contributed by atoms with Crippen molar-refractivity contribution in [3.05, 3.63) is 64.7 Å². The Kier molecular flexibility index (Phi) is 6.19. The molecule has 24 heavy (non-hydrogen) atoms. The van der Waals surface area contributed by atoms with Gasteiger partial charge < -0.3 is 10.1 Å². The van der Waals surface area contributed by atoms with Crippen LogP contribution in [-0.4, -0.2) is 21.1 Å². The molecule has 8 heteroatoms. The normalized spacial score (nSPS) is 11.1. The van der Waals surface area contributed by atoms with Crippen LogP contribution in [0, 0.1) is 0 Å². The highest BCUT2D eigenvalue weighted by atomic mass is 35.5. The van der Waals surface area contributed by atoms with Gasteiger partial charge in [-0.05, 0) is 35.4 Å². The Balaban J connectivity index is 1.75. The highest BCUT2D eigenvalue weighted by Crippen LogP contribution is 2.11. The number of amides is 1. The van der Waals surface area contributed by atoms with Crippen molar-refractivity contribution in [2.75, 3.05) is 6.61 Å². The fourth-order valence-corrected chi connectivity index (χ4v) is 2.70. The molecule has 3 N–H and O–H groups in total. The van der Waals surface area contributed by atoms with Gasteiger partial charge in [-0.2, -0.15) is 0 Å². The van der Waals surface area contributed by atoms with Crippen LogP contribution < -0.4 is 10.5 Å². The van der Waals surface area contributed by atoms with Crippen molar-refractivity contribution in [2.45, 2.75) is 17.9 Å². The third-order valence-electron chi connectivity index (χ3n) is 3.20. The van der Waals surface area contributed by atoms with Crippen LogP contribution in [0.1, 0.15) is 11.1 Å². The molecule has 0 heterocycles. The maximum atomic E-state index is 11.6. The van der Waals surface area contributed by atoms with E-state index in [0.29, 0.717) is 11.4 Å². The fourth-order valence-electron chi connectivity index (χ4n) is 1.98. The van der Waals surface area contributed by atoms with Crippen molar-refractivity contribution in [3.63, 3.8) is 0 Å². The minimum atomic E-state index is -3.71. The number of rotatable bonds is 6. The molecule has 0 bridgehead atoms. The summed E-state index contributed by atoms with van der Waals surface area (Å²) in [6.07, 6.45) is 0.0179. The van der Waals surface area contributed by atoms with E-state index in [1.54, 1.807) is 18.2 Å². The second-order valence-corrected chi connectivity index (χ2v) is 7.06. The van der Waals surface area contributed by atoms with E-state index in [4.69, 9.17) is 21.5 Å². The zero-order valence-electron chi connectivity index (χ0n) is 12.7. The molecule has 0 atom stereocenters. The first-order valence-electron chi connectivity index (χ1n) is 7.11. The minimum absolute atomic E-state index is 0.0235. The monoisotopic (exact) mass is 368 g/mol. The highest BCUT2D eigenvalue weighted by molar-refractivity contribution is 7.89. The molecule has 0 spiro atoms. The van der Waals surface area contributed by atoms with Crippen LogP contribution >= 0.6 is 11.6 Å². The molecular formula is C16H17ClN2O4S. The van der Waals surface area contributed by atoms with Crippen LogP contribution in [0.5, 0.6) is 0 Å². The molecule has 0 aliphatic heterocycles. The second-order valence-electron chi connectivity index (χ2n) is 5.06. The van der Waals surface area contributed by atoms with Gasteiger partial charge in [0.25, 0.3) is 0 Å². The Morgan fingerprint density at radius 3 is 2.46 bits per heavy atom. The van der Waals surface area contributed by atoms with E-state index in [0.717, 1.165) is 11.1 Å². The number of carbonyl (C=O) groups excluding carboxylic acids is 1. The first-order chi connectivity index (χ1) is 11.3. The summed E-state index contributed by atoms with van der Waals surface area (Å²) in [7, 11) is -3.71. The molecule has 0 saturated carbocycles. The van der Waals surface area contributed by atoms with Crippen LogP contribution in [0.4, 0.5) is 4.79 Å². The summed E-state index contributed by atoms with van der Waals surface area (Å²) in [4.78, 5) is 11.6. The molecular weight excluding hydrogens is 352 g/mol. The van der Waals surface area contributed by atoms with Gasteiger partial charge in [0.1, 0.15) is 0 Å². The van der Waals surface area contributed by atoms with Gasteiger partial charge in [-0.3, -0.25) is 0 Å². The van der Waals surface area contributed by atoms with Crippen LogP contribution in [0.25, 0.3) is 0 Å². The molecule has 0 aliphatic rings. The Bertz CT molecular complexity index is 807. The molecule has 0 fully saturated rings. The summed E-state index contributed by atoms with van der Waals surface area (Å²) in [6.45, 7) is 0.456. The van der Waals surface area contributed by atoms with E-state index >= 15 is 0 Å². The molecule has 0 aromatic heterocycles. The van der Waals surface area contributed by atoms with E-state index < -0.39 is 16.1 Å². The molecule has 1 amide bonds. The van der Waals surface area contributed by atoms with Crippen LogP contribution in [-0.2, 0) is 27.7 Å². The van der Waals surface area contributed by atoms with Gasteiger partial charge in [0, 0.05) is 18.0 Å². The van der Waals surface area contributed by atoms with Gasteiger partial charge in [-0.1, -0.05) is 35.9 Å². The zero-order chi connectivity index (χ0) is 17.6. The van der Waals surface area contributed by atoms with Gasteiger partial charge in [0.15, 0.2) is 0 Å². The molecule has 0 saturated heterocycles. The molecule has 2 aromatic carbocycles. The van der Waals surface area contributed by atoms with E-state index in [2.05, 4.69) is 5.32 Å². The Labute approximate surface area is 145 Å². The lowest BCUT2D eigenvalue weighted by Gasteiger charge is -2.08. The van der Waals surface area contributed by atoms with Crippen LogP contribution in [0.15, 0.2) is 53.4 Å². The molecule has 128 valence electrons. The zero-order valence-corrected chi connectivity index (χ0v) is 14.3. The Morgan fingerprint density at radius 2 is 1.83 bits per heavy atom. The molecule has 0 radical (unpaired) electrons. The molecule has 2 aromatic rings. The average Bonchev–Trinajstić information content (AvgIpc) is 2.52. The van der Waals surface area contributed by atoms with Gasteiger partial charge in [0.2, 0.25) is 10.0 Å². The number of hydrogen-bond donors (Lipinski definition) is 2. The number of benzene rings is 2. The van der Waals surface area contributed by atoms with Crippen LogP contribution in [0.3, 0.4) is 0 Å². The summed E-state index contributed by atoms with van der Waals surface area (Å²) >= 11 is 5.88. The van der Waals surface area contributed by atoms with Gasteiger partial charge in [-0.25, -0.2) is 18.4 Å². The standard InChI is InChI=1S/C16H17ClN2O4S/c17-14-3-1-2-12(10-14)8-9-23-16(20)19-11-13-4-6-15(7-5-13)24(18,21)22/h1-7,10H,8-9,11H2,(H,19,20)(H2,18,21,22). The van der Waals surface area contributed by atoms with Crippen molar-refractivity contribution >= 4 is 27.7 Å². The van der Waals surface area contributed by atoms with Gasteiger partial charge >= 0.3 is 6.09 Å². The number of nitrogens with two attached hydrogens (primary N) is 1. The third kappa shape index (κ3) is 5.84. The SMILES string of the molecule is NS(=O)(=O)c1ccc(CNC(=O)OCCc2cccc(Cl)c2)cc1. The lowest BCUT2D eigenvalue weighted by Crippen LogP contribution is -2.24. The number of carbonyl (C=O) groups is 1. The molecule has 0 aliphatic carbocycles. The fraction of sp³-hybridized carbons (Fsp3) is 0.188. The van der Waals surface area contributed by atoms with Gasteiger partial charge in [-0.15, -0.1) is 0 Å². The van der Waals surface area contributed by atoms with Crippen molar-refractivity contribution in [1.29, 1.82) is 0 Å². The van der Waals surface area contributed by atoms with E-state index in [9.17, 15) is 13.2 Å². The quantitative estimate of drug-likeness (QED) is 0.818. The maximum absolute atomic E-state index is 11.6. The van der Waals surface area contributed by atoms with Crippen molar-refractivity contribution in [1.82, 2.24) is 5.32 Å². The first kappa shape index (κ1) is 18.3. The second kappa shape index (κ2) is 8.14. The number of halogens is 1. The third-order valence-corrected chi connectivity index (χ3v) is 4.37. The predicted octanol–water partition coefficient (Wildman–Crippen LogP) is 2.46. The number of sulfonamides is 1. The lowest BCUT2D eigenvalue weighted by molar-refractivity contribution is 0.147. The number of primary sulfonamides is 1. The smallest absolute Gasteiger partial charge is 0.407 e. The number of nitrogens with one attached hydrogen (secondary N) is 1. The molecule has 6 nitrogen and oxygen atoms in total. The van der Waals surface area contributed by atoms with E-state index in [1.165, 1.54) is 12.1 Å². The van der Waals surface area contributed by atoms with Crippen molar-refractivity contribution in [2.24, 2.45) is 5.14 Å². The summed E-state index contributed by atoms with van der Waals surface area (Å²) in [5.74, 6) is 0. The maximum Gasteiger partial charge on any atom is 0.407 e. The molecule has 2 rings (SSSR count). The molecule has 0 unspecified atom stereocenters. The largest absolute Gasteiger partial charge is 0.449 e. The minimum Gasteiger partial charge on any atom is -0.449 e. The number of ether oxygens (including phenoxy) is 1. The van der Waals surface area contributed by atoms with Gasteiger partial charge in [0.05, 0.1) is 11.5 Å². The highest BCUT2D eigenvalue weighted by Gasteiger charge is 2.07. The first-order valence-corrected chi connectivity index (χ1v) is 9.04. The van der Waals surface area contributed by atoms with Crippen molar-refractivity contribution in [3.8, 4) is 0 Å². The summed E-state index contributed by atoms with van der Waals surface area (Å²) < 4.78 is 27.4. The van der Waals surface area contributed by atoms with Crippen molar-refractivity contribution < 1.29 is 17.9 Å². The summed E-state index contributed by atoms with van der Waals surface area (Å²) in [6, 6.07) is 13.3. The van der Waals surface area contributed by atoms with Crippen LogP contribution in [0.2, 0.25) is 5.02 Å². The Morgan fingerprint density at radius 1 is 1.12 bits per heavy atom. The average molecular weight is 369 g/mol. The van der Waals surface area contributed by atoms with E-state index in [-0.39, 0.29) is 18.0 Å². The number of hydrogen-bond acceptors (Lipinski definition) is 4. The topological polar surface area (TPSA) is 98.5 Å². The van der Waals surface area contributed by atoms with E-state index in [1.807, 2.05) is 18.2 Å². The lowest BCUT2D eigenvalue weighted by atomic mass is 10.2. The predicted molar refractivity (Wildman–Crippen MR) is 91.2 cm³/mol. The Hall–Kier alpha value is -2.09. The summed E-state index contributed by atoms with van der Waals surface area (Å²) in [5, 5.41) is 8.24. The number of alkyl carbamates (subject to hydrolysis) is 1. The summed E-state index contributed by atoms with van der Waals surface area (Å²) in [5.41, 5.74) is 1.71.